The first kappa shape index (κ1) is 22.5. The summed E-state index contributed by atoms with van der Waals surface area (Å²) in [7, 11) is 0. The monoisotopic (exact) mass is 525 g/mol. The molecule has 2 aliphatic heterocycles. The number of rotatable bonds is 7. The van der Waals surface area contributed by atoms with Gasteiger partial charge in [-0.2, -0.15) is 0 Å². The van der Waals surface area contributed by atoms with E-state index in [0.29, 0.717) is 0 Å². The van der Waals surface area contributed by atoms with E-state index in [-0.39, 0.29) is 12.1 Å². The summed E-state index contributed by atoms with van der Waals surface area (Å²) in [5.74, 6) is 0. The zero-order valence-corrected chi connectivity index (χ0v) is 20.8. The minimum absolute atomic E-state index is 0.0112. The number of halogens is 1. The Labute approximate surface area is 208 Å². The Balaban J connectivity index is 1.45. The van der Waals surface area contributed by atoms with Gasteiger partial charge in [0.05, 0.1) is 31.0 Å². The van der Waals surface area contributed by atoms with E-state index >= 15 is 0 Å². The van der Waals surface area contributed by atoms with Crippen molar-refractivity contribution in [3.05, 3.63) is 82.9 Å². The van der Waals surface area contributed by atoms with Crippen LogP contribution in [0.3, 0.4) is 0 Å². The van der Waals surface area contributed by atoms with E-state index in [2.05, 4.69) is 83.2 Å². The number of hydrogen-bond donors (Lipinski definition) is 1. The largest absolute Gasteiger partial charge is 0.379 e. The first-order chi connectivity index (χ1) is 16.2. The maximum absolute atomic E-state index is 5.86. The quantitative estimate of drug-likeness (QED) is 0.463. The van der Waals surface area contributed by atoms with Crippen LogP contribution in [0.1, 0.15) is 29.9 Å². The molecule has 0 bridgehead atoms. The Kier molecular flexibility index (Phi) is 7.06. The fourth-order valence-corrected chi connectivity index (χ4v) is 5.47. The molecule has 172 valence electrons. The molecule has 0 spiro atoms. The third-order valence-corrected chi connectivity index (χ3v) is 7.19. The summed E-state index contributed by atoms with van der Waals surface area (Å²) in [6, 6.07) is 18.8. The molecule has 4 heterocycles. The molecule has 3 aromatic rings. The number of morpholine rings is 1. The summed E-state index contributed by atoms with van der Waals surface area (Å²) < 4.78 is 8.81. The van der Waals surface area contributed by atoms with Crippen molar-refractivity contribution in [3.63, 3.8) is 0 Å². The topological polar surface area (TPSA) is 45.6 Å². The van der Waals surface area contributed by atoms with Gasteiger partial charge in [-0.05, 0) is 61.1 Å². The predicted molar refractivity (Wildman–Crippen MR) is 138 cm³/mol. The van der Waals surface area contributed by atoms with Crippen LogP contribution in [-0.2, 0) is 4.74 Å². The van der Waals surface area contributed by atoms with Crippen molar-refractivity contribution in [1.29, 1.82) is 0 Å². The molecule has 1 N–H and O–H groups in total. The van der Waals surface area contributed by atoms with Crippen LogP contribution >= 0.6 is 28.1 Å². The van der Waals surface area contributed by atoms with Gasteiger partial charge in [-0.15, -0.1) is 0 Å². The standard InChI is InChI=1S/C25H28BrN5OS/c26-19-6-3-7-20(18-19)30-12-4-9-22(30)24-23(21-8-1-2-10-27-21)28-25(33)31(24)13-5-11-29-14-16-32-17-15-29/h1-4,6-10,12,18,23-24H,5,11,13-17H2,(H,28,33)/t23-,24+/m0/s1. The number of aromatic nitrogens is 2. The number of pyridine rings is 1. The normalized spacial score (nSPS) is 21.4. The summed E-state index contributed by atoms with van der Waals surface area (Å²) in [6.45, 7) is 5.61. The Hall–Kier alpha value is -2.26. The van der Waals surface area contributed by atoms with E-state index in [1.165, 1.54) is 5.69 Å². The van der Waals surface area contributed by atoms with E-state index in [9.17, 15) is 0 Å². The fourth-order valence-electron chi connectivity index (χ4n) is 4.75. The van der Waals surface area contributed by atoms with Crippen molar-refractivity contribution >= 4 is 33.3 Å². The number of thiocarbonyl (C=S) groups is 1. The second kappa shape index (κ2) is 10.3. The third kappa shape index (κ3) is 4.99. The molecule has 0 amide bonds. The zero-order chi connectivity index (χ0) is 22.6. The first-order valence-corrected chi connectivity index (χ1v) is 12.6. The van der Waals surface area contributed by atoms with Crippen LogP contribution in [0, 0.1) is 0 Å². The SMILES string of the molecule is S=C1N[C@@H](c2ccccn2)[C@@H](c2cccn2-c2cccc(Br)c2)N1CCCN1CCOCC1. The molecule has 0 saturated carbocycles. The Morgan fingerprint density at radius 2 is 1.94 bits per heavy atom. The number of nitrogens with one attached hydrogen (secondary N) is 1. The number of ether oxygens (including phenoxy) is 1. The maximum atomic E-state index is 5.86. The lowest BCUT2D eigenvalue weighted by atomic mass is 10.0. The lowest BCUT2D eigenvalue weighted by Gasteiger charge is -2.31. The lowest BCUT2D eigenvalue weighted by Crippen LogP contribution is -2.39. The highest BCUT2D eigenvalue weighted by Crippen LogP contribution is 2.39. The van der Waals surface area contributed by atoms with Gasteiger partial charge in [0.15, 0.2) is 5.11 Å². The molecule has 2 saturated heterocycles. The Morgan fingerprint density at radius 3 is 2.73 bits per heavy atom. The summed E-state index contributed by atoms with van der Waals surface area (Å²) in [6.07, 6.45) is 5.02. The van der Waals surface area contributed by atoms with Crippen LogP contribution in [0.25, 0.3) is 5.69 Å². The van der Waals surface area contributed by atoms with E-state index in [4.69, 9.17) is 17.0 Å². The molecule has 2 aromatic heterocycles. The minimum atomic E-state index is -0.0112. The molecule has 33 heavy (non-hydrogen) atoms. The predicted octanol–water partition coefficient (Wildman–Crippen LogP) is 4.33. The Bertz CT molecular complexity index is 1090. The van der Waals surface area contributed by atoms with Crippen LogP contribution in [0.2, 0.25) is 0 Å². The average Bonchev–Trinajstić information content (AvgIpc) is 3.45. The average molecular weight is 527 g/mol. The molecule has 0 aliphatic carbocycles. The Morgan fingerprint density at radius 1 is 1.06 bits per heavy atom. The van der Waals surface area contributed by atoms with Crippen molar-refractivity contribution in [3.8, 4) is 5.69 Å². The number of hydrogen-bond acceptors (Lipinski definition) is 4. The summed E-state index contributed by atoms with van der Waals surface area (Å²) in [4.78, 5) is 9.50. The lowest BCUT2D eigenvalue weighted by molar-refractivity contribution is 0.0365. The molecule has 6 nitrogen and oxygen atoms in total. The molecule has 0 unspecified atom stereocenters. The van der Waals surface area contributed by atoms with Crippen molar-refractivity contribution < 1.29 is 4.74 Å². The molecule has 0 radical (unpaired) electrons. The molecule has 1 aromatic carbocycles. The van der Waals surface area contributed by atoms with Gasteiger partial charge in [-0.25, -0.2) is 0 Å². The molecule has 8 heteroatoms. The van der Waals surface area contributed by atoms with Gasteiger partial charge in [0.1, 0.15) is 0 Å². The molecule has 5 rings (SSSR count). The van der Waals surface area contributed by atoms with Crippen molar-refractivity contribution in [2.75, 3.05) is 39.4 Å². The van der Waals surface area contributed by atoms with Crippen LogP contribution in [-0.4, -0.2) is 63.9 Å². The second-order valence-electron chi connectivity index (χ2n) is 8.41. The third-order valence-electron chi connectivity index (χ3n) is 6.34. The van der Waals surface area contributed by atoms with E-state index < -0.39 is 0 Å². The minimum Gasteiger partial charge on any atom is -0.379 e. The highest BCUT2D eigenvalue weighted by molar-refractivity contribution is 9.10. The van der Waals surface area contributed by atoms with Gasteiger partial charge in [-0.3, -0.25) is 9.88 Å². The first-order valence-electron chi connectivity index (χ1n) is 11.4. The van der Waals surface area contributed by atoms with Crippen molar-refractivity contribution in [2.45, 2.75) is 18.5 Å². The highest BCUT2D eigenvalue weighted by atomic mass is 79.9. The van der Waals surface area contributed by atoms with E-state index in [0.717, 1.165) is 66.8 Å². The van der Waals surface area contributed by atoms with Gasteiger partial charge in [-0.1, -0.05) is 28.1 Å². The summed E-state index contributed by atoms with van der Waals surface area (Å²) in [5, 5.41) is 4.37. The highest BCUT2D eigenvalue weighted by Gasteiger charge is 2.41. The van der Waals surface area contributed by atoms with Crippen LogP contribution in [0.4, 0.5) is 0 Å². The van der Waals surface area contributed by atoms with Gasteiger partial charge in [0, 0.05) is 54.4 Å². The molecule has 2 atom stereocenters. The van der Waals surface area contributed by atoms with Gasteiger partial charge in [0.2, 0.25) is 0 Å². The van der Waals surface area contributed by atoms with E-state index in [1.807, 2.05) is 24.4 Å². The van der Waals surface area contributed by atoms with Gasteiger partial charge >= 0.3 is 0 Å². The van der Waals surface area contributed by atoms with E-state index in [1.54, 1.807) is 0 Å². The fraction of sp³-hybridized carbons (Fsp3) is 0.360. The van der Waals surface area contributed by atoms with Gasteiger partial charge < -0.3 is 19.5 Å². The summed E-state index contributed by atoms with van der Waals surface area (Å²) >= 11 is 9.47. The molecule has 2 fully saturated rings. The maximum Gasteiger partial charge on any atom is 0.170 e. The molecular weight excluding hydrogens is 498 g/mol. The second-order valence-corrected chi connectivity index (χ2v) is 9.71. The molecule has 2 aliphatic rings. The van der Waals surface area contributed by atoms with Crippen molar-refractivity contribution in [2.24, 2.45) is 0 Å². The molecular formula is C25H28BrN5OS. The van der Waals surface area contributed by atoms with Crippen LogP contribution < -0.4 is 5.32 Å². The number of nitrogens with zero attached hydrogens (tertiary/aromatic N) is 4. The number of benzene rings is 1. The summed E-state index contributed by atoms with van der Waals surface area (Å²) in [5.41, 5.74) is 3.32. The van der Waals surface area contributed by atoms with Gasteiger partial charge in [0.25, 0.3) is 0 Å². The van der Waals surface area contributed by atoms with Crippen LogP contribution in [0.15, 0.2) is 71.5 Å². The smallest absolute Gasteiger partial charge is 0.170 e. The zero-order valence-electron chi connectivity index (χ0n) is 18.4. The van der Waals surface area contributed by atoms with Crippen LogP contribution in [0.5, 0.6) is 0 Å². The van der Waals surface area contributed by atoms with Crippen molar-refractivity contribution in [1.82, 2.24) is 24.7 Å².